The van der Waals surface area contributed by atoms with E-state index in [0.717, 1.165) is 12.8 Å². The molecule has 0 amide bonds. The Bertz CT molecular complexity index is 570. The van der Waals surface area contributed by atoms with E-state index in [2.05, 4.69) is 0 Å². The van der Waals surface area contributed by atoms with Crippen LogP contribution < -0.4 is 0 Å². The van der Waals surface area contributed by atoms with E-state index in [1.165, 1.54) is 22.5 Å². The molecule has 106 valence electrons. The van der Waals surface area contributed by atoms with Crippen molar-refractivity contribution < 1.29 is 12.8 Å². The van der Waals surface area contributed by atoms with Gasteiger partial charge in [-0.05, 0) is 49.4 Å². The molecular weight excluding hydrogens is 289 g/mol. The zero-order chi connectivity index (χ0) is 14.2. The topological polar surface area (TPSA) is 37.4 Å². The van der Waals surface area contributed by atoms with Gasteiger partial charge in [-0.15, -0.1) is 11.6 Å². The Morgan fingerprint density at radius 3 is 2.58 bits per heavy atom. The van der Waals surface area contributed by atoms with Gasteiger partial charge in [0, 0.05) is 19.0 Å². The lowest BCUT2D eigenvalue weighted by Gasteiger charge is -2.33. The van der Waals surface area contributed by atoms with E-state index in [1.54, 1.807) is 14.0 Å². The minimum absolute atomic E-state index is 0.165. The normalized spacial score (nSPS) is 23.4. The summed E-state index contributed by atoms with van der Waals surface area (Å²) >= 11 is 5.89. The SMILES string of the molecule is Cc1cc(F)ccc1S(=O)(=O)N(C)CC1CC(Cl)C1. The summed E-state index contributed by atoms with van der Waals surface area (Å²) in [5.41, 5.74) is 0.427. The van der Waals surface area contributed by atoms with Crippen LogP contribution in [0.15, 0.2) is 23.1 Å². The van der Waals surface area contributed by atoms with Gasteiger partial charge in [0.1, 0.15) is 5.82 Å². The number of nitrogens with zero attached hydrogens (tertiary/aromatic N) is 1. The lowest BCUT2D eigenvalue weighted by atomic mass is 9.85. The van der Waals surface area contributed by atoms with Gasteiger partial charge in [-0.25, -0.2) is 17.1 Å². The minimum atomic E-state index is -3.55. The van der Waals surface area contributed by atoms with Gasteiger partial charge < -0.3 is 0 Å². The predicted molar refractivity (Wildman–Crippen MR) is 73.3 cm³/mol. The zero-order valence-corrected chi connectivity index (χ0v) is 12.5. The maximum Gasteiger partial charge on any atom is 0.243 e. The van der Waals surface area contributed by atoms with E-state index in [0.29, 0.717) is 18.0 Å². The fraction of sp³-hybridized carbons (Fsp3) is 0.538. The molecule has 0 bridgehead atoms. The van der Waals surface area contributed by atoms with E-state index < -0.39 is 15.8 Å². The minimum Gasteiger partial charge on any atom is -0.207 e. The van der Waals surface area contributed by atoms with Gasteiger partial charge in [0.2, 0.25) is 10.0 Å². The van der Waals surface area contributed by atoms with Crippen LogP contribution in [0.25, 0.3) is 0 Å². The van der Waals surface area contributed by atoms with Crippen molar-refractivity contribution in [2.24, 2.45) is 5.92 Å². The molecule has 2 rings (SSSR count). The van der Waals surface area contributed by atoms with Crippen molar-refractivity contribution in [2.45, 2.75) is 30.0 Å². The number of halogens is 2. The lowest BCUT2D eigenvalue weighted by molar-refractivity contribution is 0.268. The second-order valence-electron chi connectivity index (χ2n) is 5.13. The molecular formula is C13H17ClFNO2S. The van der Waals surface area contributed by atoms with Crippen LogP contribution in [0.2, 0.25) is 0 Å². The van der Waals surface area contributed by atoms with Crippen LogP contribution >= 0.6 is 11.6 Å². The molecule has 0 aliphatic heterocycles. The molecule has 19 heavy (non-hydrogen) atoms. The van der Waals surface area contributed by atoms with E-state index in [9.17, 15) is 12.8 Å². The van der Waals surface area contributed by atoms with E-state index in [1.807, 2.05) is 0 Å². The van der Waals surface area contributed by atoms with Gasteiger partial charge in [0.25, 0.3) is 0 Å². The Balaban J connectivity index is 2.16. The van der Waals surface area contributed by atoms with Crippen molar-refractivity contribution in [3.63, 3.8) is 0 Å². The molecule has 1 saturated carbocycles. The molecule has 0 saturated heterocycles. The molecule has 0 N–H and O–H groups in total. The van der Waals surface area contributed by atoms with E-state index >= 15 is 0 Å². The predicted octanol–water partition coefficient (Wildman–Crippen LogP) is 2.77. The fourth-order valence-electron chi connectivity index (χ4n) is 2.34. The number of alkyl halides is 1. The van der Waals surface area contributed by atoms with Crippen molar-refractivity contribution in [3.05, 3.63) is 29.6 Å². The van der Waals surface area contributed by atoms with E-state index in [4.69, 9.17) is 11.6 Å². The highest BCUT2D eigenvalue weighted by atomic mass is 35.5. The van der Waals surface area contributed by atoms with Crippen molar-refractivity contribution in [1.82, 2.24) is 4.31 Å². The molecule has 0 aromatic heterocycles. The summed E-state index contributed by atoms with van der Waals surface area (Å²) in [5, 5.41) is 0.175. The molecule has 1 aromatic carbocycles. The van der Waals surface area contributed by atoms with Gasteiger partial charge in [-0.1, -0.05) is 0 Å². The number of rotatable bonds is 4. The number of sulfonamides is 1. The molecule has 0 radical (unpaired) electrons. The molecule has 1 aromatic rings. The van der Waals surface area contributed by atoms with Crippen LogP contribution in [0.3, 0.4) is 0 Å². The van der Waals surface area contributed by atoms with Gasteiger partial charge in [0.05, 0.1) is 4.90 Å². The van der Waals surface area contributed by atoms with Crippen molar-refractivity contribution in [1.29, 1.82) is 0 Å². The molecule has 1 fully saturated rings. The Hall–Kier alpha value is -0.650. The third kappa shape index (κ3) is 3.09. The summed E-state index contributed by atoms with van der Waals surface area (Å²) in [6.45, 7) is 2.06. The van der Waals surface area contributed by atoms with Gasteiger partial charge in [-0.2, -0.15) is 0 Å². The third-order valence-corrected chi connectivity index (χ3v) is 5.86. The molecule has 0 atom stereocenters. The monoisotopic (exact) mass is 305 g/mol. The molecule has 0 heterocycles. The number of aryl methyl sites for hydroxylation is 1. The maximum absolute atomic E-state index is 13.0. The molecule has 3 nitrogen and oxygen atoms in total. The first-order valence-electron chi connectivity index (χ1n) is 6.17. The number of benzene rings is 1. The molecule has 6 heteroatoms. The second-order valence-corrected chi connectivity index (χ2v) is 7.76. The Kier molecular flexibility index (Phi) is 4.18. The summed E-state index contributed by atoms with van der Waals surface area (Å²) in [6.07, 6.45) is 1.70. The maximum atomic E-state index is 13.0. The van der Waals surface area contributed by atoms with E-state index in [-0.39, 0.29) is 10.3 Å². The highest BCUT2D eigenvalue weighted by Gasteiger charge is 2.32. The summed E-state index contributed by atoms with van der Waals surface area (Å²) < 4.78 is 39.1. The largest absolute Gasteiger partial charge is 0.243 e. The van der Waals surface area contributed by atoms with Crippen LogP contribution in [-0.2, 0) is 10.0 Å². The highest BCUT2D eigenvalue weighted by Crippen LogP contribution is 2.33. The third-order valence-electron chi connectivity index (χ3n) is 3.52. The van der Waals surface area contributed by atoms with Crippen LogP contribution in [0.5, 0.6) is 0 Å². The van der Waals surface area contributed by atoms with Crippen LogP contribution in [-0.4, -0.2) is 31.7 Å². The average Bonchev–Trinajstić information content (AvgIpc) is 2.26. The Morgan fingerprint density at radius 1 is 1.42 bits per heavy atom. The lowest BCUT2D eigenvalue weighted by Crippen LogP contribution is -2.38. The molecule has 1 aliphatic carbocycles. The first-order chi connectivity index (χ1) is 8.80. The molecule has 0 spiro atoms. The quantitative estimate of drug-likeness (QED) is 0.802. The van der Waals surface area contributed by atoms with Crippen molar-refractivity contribution in [2.75, 3.05) is 13.6 Å². The van der Waals surface area contributed by atoms with Gasteiger partial charge >= 0.3 is 0 Å². The summed E-state index contributed by atoms with van der Waals surface area (Å²) in [6, 6.07) is 3.73. The smallest absolute Gasteiger partial charge is 0.207 e. The number of hydrogen-bond donors (Lipinski definition) is 0. The summed E-state index contributed by atoms with van der Waals surface area (Å²) in [5.74, 6) is -0.105. The van der Waals surface area contributed by atoms with Crippen molar-refractivity contribution in [3.8, 4) is 0 Å². The standard InChI is InChI=1S/C13H17ClFNO2S/c1-9-5-12(15)3-4-13(9)19(17,18)16(2)8-10-6-11(14)7-10/h3-5,10-11H,6-8H2,1-2H3. The van der Waals surface area contributed by atoms with Crippen LogP contribution in [0, 0.1) is 18.7 Å². The Labute approximate surface area is 118 Å². The van der Waals surface area contributed by atoms with Crippen LogP contribution in [0.1, 0.15) is 18.4 Å². The fourth-order valence-corrected chi connectivity index (χ4v) is 4.29. The second kappa shape index (κ2) is 5.38. The highest BCUT2D eigenvalue weighted by molar-refractivity contribution is 7.89. The van der Waals surface area contributed by atoms with Gasteiger partial charge in [0.15, 0.2) is 0 Å². The summed E-state index contributed by atoms with van der Waals surface area (Å²) in [4.78, 5) is 0.165. The zero-order valence-electron chi connectivity index (χ0n) is 10.9. The van der Waals surface area contributed by atoms with Crippen LogP contribution in [0.4, 0.5) is 4.39 Å². The summed E-state index contributed by atoms with van der Waals surface area (Å²) in [7, 11) is -2.00. The van der Waals surface area contributed by atoms with Crippen molar-refractivity contribution >= 4 is 21.6 Å². The Morgan fingerprint density at radius 2 is 2.05 bits per heavy atom. The van der Waals surface area contributed by atoms with Gasteiger partial charge in [-0.3, -0.25) is 0 Å². The average molecular weight is 306 g/mol. The molecule has 0 unspecified atom stereocenters. The molecule has 1 aliphatic rings. The first-order valence-corrected chi connectivity index (χ1v) is 8.05. The first kappa shape index (κ1) is 14.8. The number of hydrogen-bond acceptors (Lipinski definition) is 2.